The van der Waals surface area contributed by atoms with Gasteiger partial charge in [-0.1, -0.05) is 11.6 Å². The molecule has 0 aliphatic rings. The first kappa shape index (κ1) is 19.4. The topological polar surface area (TPSA) is 89.1 Å². The summed E-state index contributed by atoms with van der Waals surface area (Å²) in [5, 5.41) is 19.8. The molecule has 0 spiro atoms. The molecule has 28 heavy (non-hydrogen) atoms. The van der Waals surface area contributed by atoms with Gasteiger partial charge < -0.3 is 24.1 Å². The lowest BCUT2D eigenvalue weighted by Crippen LogP contribution is -2.08. The van der Waals surface area contributed by atoms with E-state index < -0.39 is 5.43 Å². The molecule has 2 aromatic carbocycles. The average Bonchev–Trinajstić information content (AvgIpc) is 2.65. The maximum atomic E-state index is 12.8. The number of phenolic OH excluding ortho intramolecular Hbond substituents is 2. The molecule has 0 aliphatic carbocycles. The van der Waals surface area contributed by atoms with E-state index in [-0.39, 0.29) is 34.0 Å². The molecule has 6 heteroatoms. The number of ether oxygens (including phenoxy) is 2. The van der Waals surface area contributed by atoms with Gasteiger partial charge in [0.1, 0.15) is 28.2 Å². The van der Waals surface area contributed by atoms with Crippen LogP contribution in [0.4, 0.5) is 0 Å². The van der Waals surface area contributed by atoms with Crippen LogP contribution in [0.5, 0.6) is 23.0 Å². The third-order valence-electron chi connectivity index (χ3n) is 4.39. The third kappa shape index (κ3) is 3.53. The molecule has 0 fully saturated rings. The Kier molecular flexibility index (Phi) is 5.31. The molecule has 2 N–H and O–H groups in total. The zero-order chi connectivity index (χ0) is 20.4. The fraction of sp³-hybridized carbons (Fsp3) is 0.227. The van der Waals surface area contributed by atoms with Gasteiger partial charge in [-0.15, -0.1) is 0 Å². The Balaban J connectivity index is 2.27. The van der Waals surface area contributed by atoms with Gasteiger partial charge in [0.15, 0.2) is 5.76 Å². The summed E-state index contributed by atoms with van der Waals surface area (Å²) in [6.07, 6.45) is 2.73. The summed E-state index contributed by atoms with van der Waals surface area (Å²) in [4.78, 5) is 12.8. The largest absolute Gasteiger partial charge is 0.508 e. The number of aromatic hydroxyl groups is 2. The molecule has 3 rings (SSSR count). The fourth-order valence-electron chi connectivity index (χ4n) is 3.04. The first-order valence-corrected chi connectivity index (χ1v) is 8.73. The van der Waals surface area contributed by atoms with E-state index in [1.807, 2.05) is 19.9 Å². The second kappa shape index (κ2) is 7.68. The minimum Gasteiger partial charge on any atom is -0.508 e. The Labute approximate surface area is 162 Å². The Morgan fingerprint density at radius 3 is 2.50 bits per heavy atom. The second-order valence-corrected chi connectivity index (χ2v) is 6.64. The van der Waals surface area contributed by atoms with Crippen molar-refractivity contribution in [3.8, 4) is 34.3 Å². The number of fused-ring (bicyclic) bond motifs is 1. The van der Waals surface area contributed by atoms with E-state index in [9.17, 15) is 15.0 Å². The van der Waals surface area contributed by atoms with Crippen LogP contribution < -0.4 is 14.9 Å². The lowest BCUT2D eigenvalue weighted by atomic mass is 10.0. The Hall–Kier alpha value is -3.41. The highest BCUT2D eigenvalue weighted by Gasteiger charge is 2.20. The van der Waals surface area contributed by atoms with Crippen LogP contribution in [-0.4, -0.2) is 24.4 Å². The van der Waals surface area contributed by atoms with Crippen LogP contribution in [-0.2, 0) is 6.42 Å². The van der Waals surface area contributed by atoms with Gasteiger partial charge in [-0.2, -0.15) is 0 Å². The average molecular weight is 382 g/mol. The molecule has 1 aromatic heterocycles. The molecule has 0 saturated heterocycles. The van der Waals surface area contributed by atoms with Gasteiger partial charge in [-0.3, -0.25) is 4.79 Å². The van der Waals surface area contributed by atoms with Crippen LogP contribution >= 0.6 is 0 Å². The molecule has 146 valence electrons. The quantitative estimate of drug-likeness (QED) is 0.636. The van der Waals surface area contributed by atoms with Crippen LogP contribution in [0, 0.1) is 0 Å². The molecule has 3 aromatic rings. The molecule has 0 aliphatic heterocycles. The Morgan fingerprint density at radius 2 is 1.86 bits per heavy atom. The maximum absolute atomic E-state index is 12.8. The minimum absolute atomic E-state index is 0.0215. The predicted octanol–water partition coefficient (Wildman–Crippen LogP) is 4.40. The van der Waals surface area contributed by atoms with Crippen molar-refractivity contribution >= 4 is 11.0 Å². The van der Waals surface area contributed by atoms with E-state index >= 15 is 0 Å². The third-order valence-corrected chi connectivity index (χ3v) is 4.39. The summed E-state index contributed by atoms with van der Waals surface area (Å²) >= 11 is 0. The summed E-state index contributed by atoms with van der Waals surface area (Å²) in [6, 6.07) is 7.80. The number of phenols is 2. The summed E-state index contributed by atoms with van der Waals surface area (Å²) < 4.78 is 16.6. The van der Waals surface area contributed by atoms with Crippen LogP contribution in [0.25, 0.3) is 22.3 Å². The first-order valence-electron chi connectivity index (χ1n) is 8.73. The summed E-state index contributed by atoms with van der Waals surface area (Å²) in [6.45, 7) is 4.03. The van der Waals surface area contributed by atoms with Gasteiger partial charge in [-0.05, 0) is 44.0 Å². The molecule has 1 heterocycles. The van der Waals surface area contributed by atoms with Crippen LogP contribution in [0.15, 0.2) is 51.2 Å². The normalized spacial score (nSPS) is 10.7. The lowest BCUT2D eigenvalue weighted by Gasteiger charge is -2.13. The van der Waals surface area contributed by atoms with Crippen molar-refractivity contribution in [2.75, 3.05) is 14.2 Å². The first-order chi connectivity index (χ1) is 13.3. The number of rotatable bonds is 5. The monoisotopic (exact) mass is 382 g/mol. The van der Waals surface area contributed by atoms with Gasteiger partial charge in [-0.25, -0.2) is 0 Å². The van der Waals surface area contributed by atoms with Crippen molar-refractivity contribution in [1.82, 2.24) is 0 Å². The van der Waals surface area contributed by atoms with Crippen molar-refractivity contribution in [1.29, 1.82) is 0 Å². The van der Waals surface area contributed by atoms with E-state index in [4.69, 9.17) is 13.9 Å². The Morgan fingerprint density at radius 1 is 1.11 bits per heavy atom. The lowest BCUT2D eigenvalue weighted by molar-refractivity contribution is 0.397. The fourth-order valence-corrected chi connectivity index (χ4v) is 3.04. The zero-order valence-corrected chi connectivity index (χ0v) is 16.2. The SMILES string of the molecule is COc1ccc(-c2oc3cc(O)cc(O)c3c(=O)c2OC)cc1CC=C(C)C. The van der Waals surface area contributed by atoms with Gasteiger partial charge in [0.05, 0.1) is 14.2 Å². The molecular formula is C22H22O6. The second-order valence-electron chi connectivity index (χ2n) is 6.64. The minimum atomic E-state index is -0.516. The van der Waals surface area contributed by atoms with Crippen molar-refractivity contribution in [2.24, 2.45) is 0 Å². The van der Waals surface area contributed by atoms with E-state index in [1.165, 1.54) is 18.7 Å². The highest BCUT2D eigenvalue weighted by Crippen LogP contribution is 2.37. The van der Waals surface area contributed by atoms with Crippen LogP contribution in [0.2, 0.25) is 0 Å². The van der Waals surface area contributed by atoms with Gasteiger partial charge in [0, 0.05) is 17.7 Å². The highest BCUT2D eigenvalue weighted by molar-refractivity contribution is 5.88. The van der Waals surface area contributed by atoms with Gasteiger partial charge in [0.2, 0.25) is 11.2 Å². The van der Waals surface area contributed by atoms with Gasteiger partial charge in [0.25, 0.3) is 0 Å². The van der Waals surface area contributed by atoms with E-state index in [0.29, 0.717) is 12.0 Å². The number of methoxy groups -OCH3 is 2. The maximum Gasteiger partial charge on any atom is 0.239 e. The van der Waals surface area contributed by atoms with Crippen molar-refractivity contribution in [3.63, 3.8) is 0 Å². The van der Waals surface area contributed by atoms with Crippen molar-refractivity contribution in [3.05, 3.63) is 57.8 Å². The predicted molar refractivity (Wildman–Crippen MR) is 107 cm³/mol. The molecule has 0 bridgehead atoms. The Bertz CT molecular complexity index is 1120. The number of allylic oxidation sites excluding steroid dienone is 2. The molecule has 0 saturated carbocycles. The number of hydrogen-bond donors (Lipinski definition) is 2. The summed E-state index contributed by atoms with van der Waals surface area (Å²) in [5.41, 5.74) is 2.27. The van der Waals surface area contributed by atoms with Crippen LogP contribution in [0.1, 0.15) is 19.4 Å². The highest BCUT2D eigenvalue weighted by atomic mass is 16.5. The number of hydrogen-bond acceptors (Lipinski definition) is 6. The zero-order valence-electron chi connectivity index (χ0n) is 16.2. The van der Waals surface area contributed by atoms with Crippen LogP contribution in [0.3, 0.4) is 0 Å². The van der Waals surface area contributed by atoms with Crippen molar-refractivity contribution < 1.29 is 24.1 Å². The van der Waals surface area contributed by atoms with E-state index in [2.05, 4.69) is 6.08 Å². The number of benzene rings is 2. The van der Waals surface area contributed by atoms with Gasteiger partial charge >= 0.3 is 0 Å². The standard InChI is InChI=1S/C22H22O6/c1-12(2)5-6-13-9-14(7-8-17(13)26-3)21-22(27-4)20(25)19-16(24)10-15(23)11-18(19)28-21/h5,7-11,23-24H,6H2,1-4H3. The molecular weight excluding hydrogens is 360 g/mol. The van der Waals surface area contributed by atoms with E-state index in [1.54, 1.807) is 19.2 Å². The smallest absolute Gasteiger partial charge is 0.239 e. The molecule has 0 radical (unpaired) electrons. The van der Waals surface area contributed by atoms with Crippen molar-refractivity contribution in [2.45, 2.75) is 20.3 Å². The van der Waals surface area contributed by atoms with E-state index in [0.717, 1.165) is 17.4 Å². The molecule has 0 atom stereocenters. The molecule has 6 nitrogen and oxygen atoms in total. The molecule has 0 amide bonds. The molecule has 0 unspecified atom stereocenters. The summed E-state index contributed by atoms with van der Waals surface area (Å²) in [7, 11) is 2.97. The summed E-state index contributed by atoms with van der Waals surface area (Å²) in [5.74, 6) is 0.340.